The number of hydrogen-bond acceptors (Lipinski definition) is 5. The van der Waals surface area contributed by atoms with Gasteiger partial charge in [0.25, 0.3) is 0 Å². The summed E-state index contributed by atoms with van der Waals surface area (Å²) in [7, 11) is 0. The molecule has 1 aliphatic rings. The van der Waals surface area contributed by atoms with E-state index in [-0.39, 0.29) is 11.9 Å². The number of unbranched alkanes of at least 4 members (excludes halogenated alkanes) is 1. The number of aliphatic imine (C=N–C) groups is 1. The van der Waals surface area contributed by atoms with Gasteiger partial charge in [0, 0.05) is 37.3 Å². The molecule has 1 aromatic heterocycles. The fourth-order valence-electron chi connectivity index (χ4n) is 3.65. The molecule has 170 valence electrons. The number of nitrogens with one attached hydrogen (secondary N) is 2. The second kappa shape index (κ2) is 12.7. The Morgan fingerprint density at radius 3 is 2.68 bits per heavy atom. The van der Waals surface area contributed by atoms with Crippen LogP contribution in [0.1, 0.15) is 42.1 Å². The van der Waals surface area contributed by atoms with Gasteiger partial charge in [0.2, 0.25) is 0 Å². The molecule has 0 saturated carbocycles. The number of morpholine rings is 1. The molecule has 0 spiro atoms. The molecule has 1 fully saturated rings. The number of halogens is 1. The summed E-state index contributed by atoms with van der Waals surface area (Å²) in [6, 6.07) is 6.89. The second-order valence-electron chi connectivity index (χ2n) is 7.70. The SMILES string of the molecule is CCNC(=NCC(c1ccc(F)cc1)N1CCOCC1)NCCCCc1nc(C)cs1. The Morgan fingerprint density at radius 2 is 2.00 bits per heavy atom. The number of hydrogen-bond donors (Lipinski definition) is 2. The summed E-state index contributed by atoms with van der Waals surface area (Å²) in [4.78, 5) is 11.8. The zero-order valence-electron chi connectivity index (χ0n) is 18.6. The predicted molar refractivity (Wildman–Crippen MR) is 125 cm³/mol. The van der Waals surface area contributed by atoms with E-state index in [1.54, 1.807) is 11.3 Å². The van der Waals surface area contributed by atoms with E-state index in [4.69, 9.17) is 9.73 Å². The minimum absolute atomic E-state index is 0.105. The molecule has 0 amide bonds. The highest BCUT2D eigenvalue weighted by molar-refractivity contribution is 7.09. The second-order valence-corrected chi connectivity index (χ2v) is 8.64. The molecule has 0 bridgehead atoms. The Labute approximate surface area is 188 Å². The molecule has 2 N–H and O–H groups in total. The van der Waals surface area contributed by atoms with Gasteiger partial charge in [-0.05, 0) is 50.8 Å². The quantitative estimate of drug-likeness (QED) is 0.331. The summed E-state index contributed by atoms with van der Waals surface area (Å²) in [6.45, 7) is 9.56. The number of rotatable bonds is 10. The molecule has 2 aromatic rings. The van der Waals surface area contributed by atoms with E-state index in [1.807, 2.05) is 19.1 Å². The molecule has 1 aliphatic heterocycles. The lowest BCUT2D eigenvalue weighted by molar-refractivity contribution is 0.0179. The number of aryl methyl sites for hydroxylation is 2. The van der Waals surface area contributed by atoms with Crippen LogP contribution < -0.4 is 10.6 Å². The summed E-state index contributed by atoms with van der Waals surface area (Å²) in [6.07, 6.45) is 3.19. The third kappa shape index (κ3) is 7.87. The molecule has 31 heavy (non-hydrogen) atoms. The standard InChI is InChI=1S/C23H34FN5OS/c1-3-25-23(26-11-5-4-6-22-28-18(2)17-31-22)27-16-21(29-12-14-30-15-13-29)19-7-9-20(24)10-8-19/h7-10,17,21H,3-6,11-16H2,1-2H3,(H2,25,26,27). The number of nitrogens with zero attached hydrogens (tertiary/aromatic N) is 3. The summed E-state index contributed by atoms with van der Waals surface area (Å²) >= 11 is 1.74. The van der Waals surface area contributed by atoms with Gasteiger partial charge in [-0.1, -0.05) is 12.1 Å². The molecule has 1 saturated heterocycles. The first-order valence-corrected chi connectivity index (χ1v) is 12.0. The zero-order chi connectivity index (χ0) is 21.9. The van der Waals surface area contributed by atoms with Gasteiger partial charge >= 0.3 is 0 Å². The molecule has 0 radical (unpaired) electrons. The van der Waals surface area contributed by atoms with Crippen molar-refractivity contribution in [1.82, 2.24) is 20.5 Å². The van der Waals surface area contributed by atoms with Crippen LogP contribution in [0.5, 0.6) is 0 Å². The lowest BCUT2D eigenvalue weighted by atomic mass is 10.0. The van der Waals surface area contributed by atoms with Gasteiger partial charge in [0.1, 0.15) is 5.82 Å². The van der Waals surface area contributed by atoms with Crippen LogP contribution in [-0.4, -0.2) is 61.8 Å². The number of thiazole rings is 1. The van der Waals surface area contributed by atoms with Crippen LogP contribution in [0.3, 0.4) is 0 Å². The summed E-state index contributed by atoms with van der Waals surface area (Å²) in [5, 5.41) is 10.1. The first-order valence-electron chi connectivity index (χ1n) is 11.2. The van der Waals surface area contributed by atoms with Crippen LogP contribution in [-0.2, 0) is 11.2 Å². The van der Waals surface area contributed by atoms with Crippen LogP contribution in [0.2, 0.25) is 0 Å². The van der Waals surface area contributed by atoms with Crippen molar-refractivity contribution in [1.29, 1.82) is 0 Å². The highest BCUT2D eigenvalue weighted by atomic mass is 32.1. The Bertz CT molecular complexity index is 805. The van der Waals surface area contributed by atoms with Crippen LogP contribution in [0, 0.1) is 12.7 Å². The normalized spacial score (nSPS) is 16.3. The van der Waals surface area contributed by atoms with Crippen molar-refractivity contribution in [3.8, 4) is 0 Å². The van der Waals surface area contributed by atoms with Crippen molar-refractivity contribution >= 4 is 17.3 Å². The van der Waals surface area contributed by atoms with Crippen LogP contribution >= 0.6 is 11.3 Å². The third-order valence-electron chi connectivity index (χ3n) is 5.28. The van der Waals surface area contributed by atoms with Gasteiger partial charge in [-0.25, -0.2) is 9.37 Å². The lowest BCUT2D eigenvalue weighted by Gasteiger charge is -2.34. The fraction of sp³-hybridized carbons (Fsp3) is 0.565. The van der Waals surface area contributed by atoms with Gasteiger partial charge in [-0.3, -0.25) is 9.89 Å². The van der Waals surface area contributed by atoms with E-state index >= 15 is 0 Å². The Hall–Kier alpha value is -2.03. The van der Waals surface area contributed by atoms with Gasteiger partial charge in [0.15, 0.2) is 5.96 Å². The third-order valence-corrected chi connectivity index (χ3v) is 6.31. The van der Waals surface area contributed by atoms with Gasteiger partial charge in [-0.2, -0.15) is 0 Å². The highest BCUT2D eigenvalue weighted by Crippen LogP contribution is 2.22. The molecule has 1 atom stereocenters. The smallest absolute Gasteiger partial charge is 0.191 e. The average molecular weight is 448 g/mol. The molecular formula is C23H34FN5OS. The van der Waals surface area contributed by atoms with Crippen molar-refractivity contribution in [3.63, 3.8) is 0 Å². The molecule has 2 heterocycles. The molecule has 1 aromatic carbocycles. The molecule has 3 rings (SSSR count). The molecule has 0 aliphatic carbocycles. The average Bonchev–Trinajstić information content (AvgIpc) is 3.20. The molecule has 1 unspecified atom stereocenters. The minimum Gasteiger partial charge on any atom is -0.379 e. The van der Waals surface area contributed by atoms with Crippen molar-refractivity contribution in [2.24, 2.45) is 4.99 Å². The van der Waals surface area contributed by atoms with Crippen LogP contribution in [0.15, 0.2) is 34.6 Å². The first-order chi connectivity index (χ1) is 15.2. The number of benzene rings is 1. The van der Waals surface area contributed by atoms with Crippen molar-refractivity contribution in [3.05, 3.63) is 51.7 Å². The van der Waals surface area contributed by atoms with E-state index < -0.39 is 0 Å². The Morgan fingerprint density at radius 1 is 1.23 bits per heavy atom. The maximum atomic E-state index is 13.4. The van der Waals surface area contributed by atoms with E-state index in [0.717, 1.165) is 75.9 Å². The summed E-state index contributed by atoms with van der Waals surface area (Å²) in [5.74, 6) is 0.615. The van der Waals surface area contributed by atoms with E-state index in [2.05, 4.69) is 32.8 Å². The lowest BCUT2D eigenvalue weighted by Crippen LogP contribution is -2.42. The maximum absolute atomic E-state index is 13.4. The van der Waals surface area contributed by atoms with Crippen molar-refractivity contribution in [2.75, 3.05) is 45.9 Å². The molecule has 8 heteroatoms. The van der Waals surface area contributed by atoms with Crippen molar-refractivity contribution in [2.45, 2.75) is 39.2 Å². The van der Waals surface area contributed by atoms with E-state index in [1.165, 1.54) is 17.1 Å². The first kappa shape index (κ1) is 23.6. The van der Waals surface area contributed by atoms with Crippen molar-refractivity contribution < 1.29 is 9.13 Å². The number of aromatic nitrogens is 1. The number of guanidine groups is 1. The largest absolute Gasteiger partial charge is 0.379 e. The fourth-order valence-corrected chi connectivity index (χ4v) is 4.47. The Kier molecular flexibility index (Phi) is 9.71. The topological polar surface area (TPSA) is 61.8 Å². The number of ether oxygens (including phenoxy) is 1. The summed E-state index contributed by atoms with van der Waals surface area (Å²) < 4.78 is 18.9. The molecule has 6 nitrogen and oxygen atoms in total. The summed E-state index contributed by atoms with van der Waals surface area (Å²) in [5.41, 5.74) is 2.19. The Balaban J connectivity index is 1.55. The maximum Gasteiger partial charge on any atom is 0.191 e. The minimum atomic E-state index is -0.212. The monoisotopic (exact) mass is 447 g/mol. The van der Waals surface area contributed by atoms with Gasteiger partial charge < -0.3 is 15.4 Å². The highest BCUT2D eigenvalue weighted by Gasteiger charge is 2.22. The van der Waals surface area contributed by atoms with Crippen LogP contribution in [0.4, 0.5) is 4.39 Å². The zero-order valence-corrected chi connectivity index (χ0v) is 19.4. The van der Waals surface area contributed by atoms with Gasteiger partial charge in [0.05, 0.1) is 30.8 Å². The van der Waals surface area contributed by atoms with Gasteiger partial charge in [-0.15, -0.1) is 11.3 Å². The predicted octanol–water partition coefficient (Wildman–Crippen LogP) is 3.54. The van der Waals surface area contributed by atoms with Crippen LogP contribution in [0.25, 0.3) is 0 Å². The van der Waals surface area contributed by atoms with E-state index in [9.17, 15) is 4.39 Å². The molecular weight excluding hydrogens is 413 g/mol. The van der Waals surface area contributed by atoms with E-state index in [0.29, 0.717) is 6.54 Å².